The van der Waals surface area contributed by atoms with Crippen molar-refractivity contribution in [1.82, 2.24) is 15.3 Å². The Labute approximate surface area is 142 Å². The van der Waals surface area contributed by atoms with Crippen LogP contribution in [0.1, 0.15) is 22.5 Å². The quantitative estimate of drug-likeness (QED) is 0.748. The van der Waals surface area contributed by atoms with Gasteiger partial charge in [0.25, 0.3) is 5.91 Å². The molecule has 0 atom stereocenters. The van der Waals surface area contributed by atoms with Crippen molar-refractivity contribution in [3.05, 3.63) is 47.9 Å². The topological polar surface area (TPSA) is 76.1 Å². The number of halogens is 3. The van der Waals surface area contributed by atoms with Gasteiger partial charge < -0.3 is 15.4 Å². The number of alkyl halides is 3. The number of rotatable bonds is 7. The molecule has 0 unspecified atom stereocenters. The zero-order valence-corrected chi connectivity index (χ0v) is 13.4. The third kappa shape index (κ3) is 5.42. The number of methoxy groups -OCH3 is 1. The number of carbonyl (C=O) groups excluding carboxylic acids is 1. The van der Waals surface area contributed by atoms with Gasteiger partial charge in [-0.25, -0.2) is 9.97 Å². The zero-order valence-electron chi connectivity index (χ0n) is 13.4. The number of carbonyl (C=O) groups is 1. The molecule has 0 aliphatic carbocycles. The van der Waals surface area contributed by atoms with Crippen LogP contribution in [0.2, 0.25) is 0 Å². The lowest BCUT2D eigenvalue weighted by molar-refractivity contribution is -0.136. The summed E-state index contributed by atoms with van der Waals surface area (Å²) in [5.41, 5.74) is -0.918. The maximum atomic E-state index is 13.0. The molecule has 1 aromatic carbocycles. The van der Waals surface area contributed by atoms with Gasteiger partial charge in [0.05, 0.1) is 11.3 Å². The summed E-state index contributed by atoms with van der Waals surface area (Å²) in [4.78, 5) is 19.7. The first kappa shape index (κ1) is 18.7. The Morgan fingerprint density at radius 2 is 2.00 bits per heavy atom. The molecule has 2 rings (SSSR count). The Hall–Kier alpha value is -2.68. The Balaban J connectivity index is 2.11. The summed E-state index contributed by atoms with van der Waals surface area (Å²) < 4.78 is 43.9. The van der Waals surface area contributed by atoms with Gasteiger partial charge in [0.15, 0.2) is 0 Å². The first-order valence-electron chi connectivity index (χ1n) is 7.44. The molecule has 134 valence electrons. The average molecular weight is 354 g/mol. The maximum Gasteiger partial charge on any atom is 0.418 e. The van der Waals surface area contributed by atoms with Crippen molar-refractivity contribution in [1.29, 1.82) is 0 Å². The van der Waals surface area contributed by atoms with Crippen LogP contribution in [0.3, 0.4) is 0 Å². The van der Waals surface area contributed by atoms with Crippen molar-refractivity contribution in [3.63, 3.8) is 0 Å². The second kappa shape index (κ2) is 8.43. The van der Waals surface area contributed by atoms with Gasteiger partial charge in [-0.15, -0.1) is 0 Å². The van der Waals surface area contributed by atoms with E-state index >= 15 is 0 Å². The number of hydrogen-bond donors (Lipinski definition) is 2. The fourth-order valence-corrected chi connectivity index (χ4v) is 2.04. The summed E-state index contributed by atoms with van der Waals surface area (Å²) in [7, 11) is 1.56. The minimum atomic E-state index is -4.50. The van der Waals surface area contributed by atoms with E-state index in [1.54, 1.807) is 7.11 Å². The molecule has 0 radical (unpaired) electrons. The number of para-hydroxylation sites is 1. The highest BCUT2D eigenvalue weighted by Crippen LogP contribution is 2.35. The van der Waals surface area contributed by atoms with Crippen LogP contribution >= 0.6 is 0 Å². The summed E-state index contributed by atoms with van der Waals surface area (Å²) in [5, 5.41) is 5.22. The monoisotopic (exact) mass is 354 g/mol. The van der Waals surface area contributed by atoms with E-state index in [1.165, 1.54) is 24.3 Å². The number of nitrogens with zero attached hydrogens (tertiary/aromatic N) is 2. The molecule has 0 spiro atoms. The first-order chi connectivity index (χ1) is 11.9. The van der Waals surface area contributed by atoms with Crippen molar-refractivity contribution in [3.8, 4) is 0 Å². The van der Waals surface area contributed by atoms with Crippen LogP contribution in [-0.2, 0) is 10.9 Å². The van der Waals surface area contributed by atoms with Gasteiger partial charge in [-0.05, 0) is 18.6 Å². The van der Waals surface area contributed by atoms with E-state index in [2.05, 4.69) is 20.6 Å². The van der Waals surface area contributed by atoms with Crippen molar-refractivity contribution in [2.24, 2.45) is 0 Å². The van der Waals surface area contributed by atoms with E-state index < -0.39 is 17.6 Å². The molecule has 0 fully saturated rings. The van der Waals surface area contributed by atoms with Gasteiger partial charge in [0, 0.05) is 26.3 Å². The molecule has 0 bridgehead atoms. The number of nitrogens with one attached hydrogen (secondary N) is 2. The van der Waals surface area contributed by atoms with Crippen LogP contribution < -0.4 is 10.6 Å². The minimum absolute atomic E-state index is 0.0550. The number of benzene rings is 1. The Kier molecular flexibility index (Phi) is 6.29. The van der Waals surface area contributed by atoms with Gasteiger partial charge in [0.2, 0.25) is 0 Å². The molecule has 0 aliphatic rings. The largest absolute Gasteiger partial charge is 0.418 e. The number of ether oxygens (including phenoxy) is 1. The second-order valence-electron chi connectivity index (χ2n) is 5.06. The molecule has 2 N–H and O–H groups in total. The Bertz CT molecular complexity index is 723. The molecule has 0 saturated heterocycles. The maximum absolute atomic E-state index is 13.0. The number of anilines is 2. The van der Waals surface area contributed by atoms with E-state index in [0.717, 1.165) is 12.4 Å². The van der Waals surface area contributed by atoms with Crippen molar-refractivity contribution in [2.75, 3.05) is 25.6 Å². The summed E-state index contributed by atoms with van der Waals surface area (Å²) in [6, 6.07) is 6.32. The third-order valence-corrected chi connectivity index (χ3v) is 3.21. The molecule has 2 aromatic rings. The van der Waals surface area contributed by atoms with E-state index in [9.17, 15) is 18.0 Å². The van der Waals surface area contributed by atoms with Crippen LogP contribution in [0.4, 0.5) is 24.7 Å². The average Bonchev–Trinajstić information content (AvgIpc) is 2.58. The standard InChI is InChI=1S/C16H17F3N4O2/c1-25-8-4-7-20-15(24)13-9-14(22-10-21-13)23-12-6-3-2-5-11(12)16(17,18)19/h2-3,5-6,9-10H,4,7-8H2,1H3,(H,20,24)(H,21,22,23). The van der Waals surface area contributed by atoms with Crippen molar-refractivity contribution in [2.45, 2.75) is 12.6 Å². The highest BCUT2D eigenvalue weighted by atomic mass is 19.4. The molecule has 0 saturated carbocycles. The first-order valence-corrected chi connectivity index (χ1v) is 7.44. The molecule has 9 heteroatoms. The van der Waals surface area contributed by atoms with Gasteiger partial charge >= 0.3 is 6.18 Å². The third-order valence-electron chi connectivity index (χ3n) is 3.21. The highest BCUT2D eigenvalue weighted by Gasteiger charge is 2.33. The second-order valence-corrected chi connectivity index (χ2v) is 5.06. The summed E-state index contributed by atoms with van der Waals surface area (Å²) in [6.07, 6.45) is -2.75. The lowest BCUT2D eigenvalue weighted by atomic mass is 10.1. The molecular weight excluding hydrogens is 337 g/mol. The van der Waals surface area contributed by atoms with Gasteiger partial charge in [-0.2, -0.15) is 13.2 Å². The summed E-state index contributed by atoms with van der Waals surface area (Å²) in [6.45, 7) is 0.904. The summed E-state index contributed by atoms with van der Waals surface area (Å²) >= 11 is 0. The number of amides is 1. The molecule has 25 heavy (non-hydrogen) atoms. The van der Waals surface area contributed by atoms with Crippen LogP contribution in [0, 0.1) is 0 Å². The van der Waals surface area contributed by atoms with E-state index in [1.807, 2.05) is 0 Å². The smallest absolute Gasteiger partial charge is 0.385 e. The predicted molar refractivity (Wildman–Crippen MR) is 85.6 cm³/mol. The van der Waals surface area contributed by atoms with Crippen LogP contribution in [-0.4, -0.2) is 36.1 Å². The fourth-order valence-electron chi connectivity index (χ4n) is 2.04. The molecule has 1 amide bonds. The van der Waals surface area contributed by atoms with Crippen molar-refractivity contribution < 1.29 is 22.7 Å². The molecule has 1 aromatic heterocycles. The van der Waals surface area contributed by atoms with Gasteiger partial charge in [-0.3, -0.25) is 4.79 Å². The van der Waals surface area contributed by atoms with E-state index in [4.69, 9.17) is 4.74 Å². The van der Waals surface area contributed by atoms with Gasteiger partial charge in [-0.1, -0.05) is 12.1 Å². The van der Waals surface area contributed by atoms with E-state index in [-0.39, 0.29) is 17.2 Å². The molecular formula is C16H17F3N4O2. The Morgan fingerprint density at radius 1 is 1.24 bits per heavy atom. The SMILES string of the molecule is COCCCNC(=O)c1cc(Nc2ccccc2C(F)(F)F)ncn1. The van der Waals surface area contributed by atoms with Gasteiger partial charge in [0.1, 0.15) is 17.8 Å². The van der Waals surface area contributed by atoms with Crippen molar-refractivity contribution >= 4 is 17.4 Å². The van der Waals surface area contributed by atoms with Crippen LogP contribution in [0.15, 0.2) is 36.7 Å². The molecule has 6 nitrogen and oxygen atoms in total. The fraction of sp³-hybridized carbons (Fsp3) is 0.312. The molecule has 1 heterocycles. The Morgan fingerprint density at radius 3 is 2.72 bits per heavy atom. The lowest BCUT2D eigenvalue weighted by Gasteiger charge is -2.14. The number of hydrogen-bond acceptors (Lipinski definition) is 5. The normalized spacial score (nSPS) is 11.2. The molecule has 0 aliphatic heterocycles. The highest BCUT2D eigenvalue weighted by molar-refractivity contribution is 5.92. The summed E-state index contributed by atoms with van der Waals surface area (Å²) in [5.74, 6) is -0.348. The predicted octanol–water partition coefficient (Wildman–Crippen LogP) is 3.01. The minimum Gasteiger partial charge on any atom is -0.385 e. The lowest BCUT2D eigenvalue weighted by Crippen LogP contribution is -2.26. The van der Waals surface area contributed by atoms with Crippen LogP contribution in [0.25, 0.3) is 0 Å². The van der Waals surface area contributed by atoms with E-state index in [0.29, 0.717) is 19.6 Å². The zero-order chi connectivity index (χ0) is 18.3. The number of aromatic nitrogens is 2. The van der Waals surface area contributed by atoms with Crippen LogP contribution in [0.5, 0.6) is 0 Å².